The van der Waals surface area contributed by atoms with Crippen molar-refractivity contribution in [3.05, 3.63) is 52.6 Å². The van der Waals surface area contributed by atoms with E-state index >= 15 is 4.39 Å². The number of aromatic carboxylic acids is 1. The highest BCUT2D eigenvalue weighted by Crippen LogP contribution is 2.57. The van der Waals surface area contributed by atoms with Crippen molar-refractivity contribution in [1.29, 1.82) is 0 Å². The van der Waals surface area contributed by atoms with Gasteiger partial charge in [0.25, 0.3) is 11.3 Å². The Morgan fingerprint density at radius 3 is 2.76 bits per heavy atom. The van der Waals surface area contributed by atoms with E-state index in [-0.39, 0.29) is 52.6 Å². The van der Waals surface area contributed by atoms with Crippen molar-refractivity contribution in [2.24, 2.45) is 11.8 Å². The van der Waals surface area contributed by atoms with Gasteiger partial charge in [0.05, 0.1) is 18.0 Å². The van der Waals surface area contributed by atoms with Gasteiger partial charge in [0.1, 0.15) is 22.9 Å². The van der Waals surface area contributed by atoms with Gasteiger partial charge in [-0.2, -0.15) is 0 Å². The molecular weight excluding hydrogens is 466 g/mol. The standard InChI is InChI=1S/C24H26F2N2O5S/c1-2-27-6-5-13(11-27)7-14-8-16(25)3-4-19(14)28(34(31)32)20-10-18(26)21-17-9-15(17)12-33-23(21)22(20)24(29)30/h3-4,8,10,13,15,17H,2,5-7,9,11-12H2,1H3,(H,29,30)(H,31,32)/t13-,15?,17?/m0/s1. The number of nitrogens with zero attached hydrogens (tertiary/aromatic N) is 2. The maximum Gasteiger partial charge on any atom is 0.341 e. The summed E-state index contributed by atoms with van der Waals surface area (Å²) < 4.78 is 58.8. The number of ether oxygens (including phenoxy) is 1. The Balaban J connectivity index is 1.62. The van der Waals surface area contributed by atoms with Gasteiger partial charge < -0.3 is 14.7 Å². The smallest absolute Gasteiger partial charge is 0.341 e. The molecule has 2 aromatic rings. The summed E-state index contributed by atoms with van der Waals surface area (Å²) in [6, 6.07) is 4.77. The quantitative estimate of drug-likeness (QED) is 0.560. The van der Waals surface area contributed by atoms with Crippen LogP contribution < -0.4 is 9.04 Å². The Morgan fingerprint density at radius 1 is 1.29 bits per heavy atom. The number of benzene rings is 2. The second-order valence-corrected chi connectivity index (χ2v) is 10.1. The lowest BCUT2D eigenvalue weighted by Crippen LogP contribution is -2.26. The van der Waals surface area contributed by atoms with Crippen LogP contribution in [0.4, 0.5) is 20.2 Å². The predicted octanol–water partition coefficient (Wildman–Crippen LogP) is 4.32. The lowest BCUT2D eigenvalue weighted by Gasteiger charge is -2.28. The summed E-state index contributed by atoms with van der Waals surface area (Å²) in [5.74, 6) is -2.39. The molecule has 1 aliphatic carbocycles. The third kappa shape index (κ3) is 4.08. The fraction of sp³-hybridized carbons (Fsp3) is 0.458. The minimum absolute atomic E-state index is 0.0882. The molecule has 4 atom stereocenters. The molecule has 3 aliphatic rings. The van der Waals surface area contributed by atoms with Gasteiger partial charge in [-0.25, -0.2) is 22.1 Å². The molecule has 0 spiro atoms. The molecule has 0 amide bonds. The lowest BCUT2D eigenvalue weighted by molar-refractivity contribution is 0.0692. The monoisotopic (exact) mass is 492 g/mol. The van der Waals surface area contributed by atoms with Crippen LogP contribution in [0.1, 0.15) is 47.2 Å². The summed E-state index contributed by atoms with van der Waals surface area (Å²) >= 11 is -2.75. The van der Waals surface area contributed by atoms with Gasteiger partial charge in [0, 0.05) is 24.1 Å². The van der Waals surface area contributed by atoms with Gasteiger partial charge in [-0.3, -0.25) is 4.55 Å². The zero-order valence-corrected chi connectivity index (χ0v) is 19.5. The molecule has 10 heteroatoms. The summed E-state index contributed by atoms with van der Waals surface area (Å²) in [5.41, 5.74) is 0.184. The Bertz CT molecular complexity index is 1180. The highest BCUT2D eigenvalue weighted by Gasteiger charge is 2.48. The van der Waals surface area contributed by atoms with Crippen molar-refractivity contribution in [3.63, 3.8) is 0 Å². The van der Waals surface area contributed by atoms with Crippen LogP contribution in [-0.2, 0) is 17.7 Å². The number of carboxylic acid groups (broad SMARTS) is 1. The third-order valence-corrected chi connectivity index (χ3v) is 7.86. The van der Waals surface area contributed by atoms with Crippen LogP contribution in [0.15, 0.2) is 24.3 Å². The van der Waals surface area contributed by atoms with E-state index in [9.17, 15) is 23.1 Å². The lowest BCUT2D eigenvalue weighted by atomic mass is 9.96. The largest absolute Gasteiger partial charge is 0.492 e. The molecule has 2 aromatic carbocycles. The molecule has 0 bridgehead atoms. The Morgan fingerprint density at radius 2 is 2.09 bits per heavy atom. The number of halogens is 2. The average molecular weight is 493 g/mol. The molecule has 3 unspecified atom stereocenters. The molecule has 1 saturated heterocycles. The molecule has 0 aromatic heterocycles. The summed E-state index contributed by atoms with van der Waals surface area (Å²) in [7, 11) is 0. The van der Waals surface area contributed by atoms with Gasteiger partial charge in [0.15, 0.2) is 0 Å². The van der Waals surface area contributed by atoms with Gasteiger partial charge >= 0.3 is 5.97 Å². The molecule has 1 saturated carbocycles. The second kappa shape index (κ2) is 8.90. The first kappa shape index (κ1) is 23.2. The second-order valence-electron chi connectivity index (χ2n) is 9.26. The molecule has 0 radical (unpaired) electrons. The molecule has 2 N–H and O–H groups in total. The van der Waals surface area contributed by atoms with Crippen LogP contribution in [0.2, 0.25) is 0 Å². The van der Waals surface area contributed by atoms with E-state index in [1.54, 1.807) is 0 Å². The number of carboxylic acids is 1. The van der Waals surface area contributed by atoms with E-state index in [0.717, 1.165) is 48.9 Å². The van der Waals surface area contributed by atoms with Crippen LogP contribution in [0, 0.1) is 23.5 Å². The first-order valence-electron chi connectivity index (χ1n) is 11.4. The number of hydrogen-bond acceptors (Lipinski definition) is 4. The number of fused-ring (bicyclic) bond motifs is 3. The summed E-state index contributed by atoms with van der Waals surface area (Å²) in [6.07, 6.45) is 2.06. The molecule has 2 fully saturated rings. The predicted molar refractivity (Wildman–Crippen MR) is 123 cm³/mol. The highest BCUT2D eigenvalue weighted by atomic mass is 32.2. The number of hydrogen-bond donors (Lipinski definition) is 2. The van der Waals surface area contributed by atoms with Crippen molar-refractivity contribution >= 4 is 28.6 Å². The first-order valence-corrected chi connectivity index (χ1v) is 12.5. The van der Waals surface area contributed by atoms with E-state index < -0.39 is 28.9 Å². The molecule has 2 heterocycles. The van der Waals surface area contributed by atoms with Crippen LogP contribution in [0.25, 0.3) is 0 Å². The van der Waals surface area contributed by atoms with E-state index in [0.29, 0.717) is 12.0 Å². The molecule has 5 rings (SSSR count). The summed E-state index contributed by atoms with van der Waals surface area (Å²) in [6.45, 7) is 4.98. The van der Waals surface area contributed by atoms with Gasteiger partial charge in [-0.1, -0.05) is 6.92 Å². The zero-order valence-electron chi connectivity index (χ0n) is 18.7. The van der Waals surface area contributed by atoms with Gasteiger partial charge in [-0.15, -0.1) is 0 Å². The maximum atomic E-state index is 15.2. The van der Waals surface area contributed by atoms with Crippen molar-refractivity contribution in [2.75, 3.05) is 30.5 Å². The van der Waals surface area contributed by atoms with Crippen molar-refractivity contribution in [1.82, 2.24) is 4.90 Å². The Kier molecular flexibility index (Phi) is 6.07. The topological polar surface area (TPSA) is 90.3 Å². The van der Waals surface area contributed by atoms with Gasteiger partial charge in [-0.05, 0) is 68.0 Å². The molecular formula is C24H26F2N2O5S. The third-order valence-electron chi connectivity index (χ3n) is 7.16. The molecule has 2 aliphatic heterocycles. The van der Waals surface area contributed by atoms with Crippen molar-refractivity contribution < 1.29 is 32.2 Å². The summed E-state index contributed by atoms with van der Waals surface area (Å²) in [5, 5.41) is 10.0. The van der Waals surface area contributed by atoms with Gasteiger partial charge in [0.2, 0.25) is 0 Å². The van der Waals surface area contributed by atoms with Crippen LogP contribution >= 0.6 is 0 Å². The summed E-state index contributed by atoms with van der Waals surface area (Å²) in [4.78, 5) is 14.6. The normalized spacial score (nSPS) is 24.2. The minimum atomic E-state index is -2.75. The SMILES string of the molecule is CCN1CC[C@@H](Cc2cc(F)ccc2N(c2cc(F)c3c(c2C(=O)O)OCC2CC32)S(=O)O)C1. The van der Waals surface area contributed by atoms with Crippen molar-refractivity contribution in [2.45, 2.75) is 32.1 Å². The number of carbonyl (C=O) groups is 1. The van der Waals surface area contributed by atoms with E-state index in [1.807, 2.05) is 0 Å². The number of anilines is 2. The van der Waals surface area contributed by atoms with E-state index in [2.05, 4.69) is 11.8 Å². The number of rotatable bonds is 7. The minimum Gasteiger partial charge on any atom is -0.492 e. The Labute approximate surface area is 198 Å². The first-order chi connectivity index (χ1) is 16.3. The highest BCUT2D eigenvalue weighted by molar-refractivity contribution is 7.81. The van der Waals surface area contributed by atoms with Crippen LogP contribution in [0.3, 0.4) is 0 Å². The van der Waals surface area contributed by atoms with Crippen LogP contribution in [-0.4, -0.2) is 51.0 Å². The molecule has 7 nitrogen and oxygen atoms in total. The maximum absolute atomic E-state index is 15.2. The van der Waals surface area contributed by atoms with Crippen LogP contribution in [0.5, 0.6) is 5.75 Å². The fourth-order valence-electron chi connectivity index (χ4n) is 5.36. The molecule has 182 valence electrons. The fourth-order valence-corrected chi connectivity index (χ4v) is 6.02. The van der Waals surface area contributed by atoms with E-state index in [4.69, 9.17) is 4.74 Å². The number of likely N-dealkylation sites (tertiary alicyclic amines) is 1. The Hall–Kier alpha value is -2.56. The van der Waals surface area contributed by atoms with Crippen molar-refractivity contribution in [3.8, 4) is 5.75 Å². The van der Waals surface area contributed by atoms with E-state index in [1.165, 1.54) is 12.1 Å². The zero-order chi connectivity index (χ0) is 24.1. The average Bonchev–Trinajstić information content (AvgIpc) is 3.44. The molecule has 34 heavy (non-hydrogen) atoms.